The summed E-state index contributed by atoms with van der Waals surface area (Å²) in [5.41, 5.74) is 0. The lowest BCUT2D eigenvalue weighted by molar-refractivity contribution is -0.461. The van der Waals surface area contributed by atoms with Crippen LogP contribution in [0.2, 0.25) is 0 Å². The van der Waals surface area contributed by atoms with Crippen LogP contribution >= 0.6 is 0 Å². The van der Waals surface area contributed by atoms with E-state index in [2.05, 4.69) is 0 Å². The van der Waals surface area contributed by atoms with Gasteiger partial charge in [-0.1, -0.05) is 0 Å². The monoisotopic (exact) mass is 490 g/mol. The van der Waals surface area contributed by atoms with Crippen LogP contribution in [0.5, 0.6) is 0 Å². The summed E-state index contributed by atoms with van der Waals surface area (Å²) in [6, 6.07) is 0. The maximum atomic E-state index is 13.3. The summed E-state index contributed by atoms with van der Waals surface area (Å²) in [4.78, 5) is 10.4. The minimum atomic E-state index is -8.64. The smallest absolute Gasteiger partial charge is 0.300 e. The largest absolute Gasteiger partial charge is 0.460 e. The molecule has 0 aliphatic heterocycles. The van der Waals surface area contributed by atoms with Gasteiger partial charge in [0.15, 0.2) is 0 Å². The van der Waals surface area contributed by atoms with Crippen molar-refractivity contribution in [1.82, 2.24) is 0 Å². The van der Waals surface area contributed by atoms with Crippen LogP contribution in [0.3, 0.4) is 0 Å². The van der Waals surface area contributed by atoms with Crippen LogP contribution < -0.4 is 0 Å². The first kappa shape index (κ1) is 28.5. The van der Waals surface area contributed by atoms with Crippen molar-refractivity contribution < 1.29 is 79.4 Å². The van der Waals surface area contributed by atoms with Gasteiger partial charge in [-0.2, -0.15) is 74.6 Å². The van der Waals surface area contributed by atoms with Crippen molar-refractivity contribution in [3.8, 4) is 0 Å². The van der Waals surface area contributed by atoms with Crippen LogP contribution in [0.4, 0.5) is 74.6 Å². The molecular weight excluding hydrogens is 483 g/mol. The van der Waals surface area contributed by atoms with Gasteiger partial charge in [-0.3, -0.25) is 0 Å². The van der Waals surface area contributed by atoms with E-state index in [-0.39, 0.29) is 0 Å². The molecule has 0 aromatic heterocycles. The molecule has 180 valence electrons. The van der Waals surface area contributed by atoms with E-state index in [1.54, 1.807) is 0 Å². The van der Waals surface area contributed by atoms with Gasteiger partial charge in [0.25, 0.3) is 0 Å². The molecule has 0 heterocycles. The molecule has 0 spiro atoms. The fourth-order valence-electron chi connectivity index (χ4n) is 1.69. The van der Waals surface area contributed by atoms with Gasteiger partial charge < -0.3 is 4.79 Å². The first-order valence-corrected chi connectivity index (χ1v) is 6.87. The maximum Gasteiger partial charge on any atom is 0.460 e. The van der Waals surface area contributed by atoms with Gasteiger partial charge in [0.05, 0.1) is 0 Å². The number of hydrogen-bond acceptors (Lipinski definition) is 1. The summed E-state index contributed by atoms with van der Waals surface area (Å²) in [6.45, 7) is 0.398. The Morgan fingerprint density at radius 2 is 0.767 bits per heavy atom. The molecule has 0 N–H and O–H groups in total. The van der Waals surface area contributed by atoms with Crippen LogP contribution in [-0.2, 0) is 4.79 Å². The predicted octanol–water partition coefficient (Wildman–Crippen LogP) is 6.37. The first-order chi connectivity index (χ1) is 12.7. The van der Waals surface area contributed by atoms with Crippen molar-refractivity contribution in [2.45, 2.75) is 67.4 Å². The number of carbonyl (C=O) groups excluding carboxylic acids is 1. The predicted molar refractivity (Wildman–Crippen MR) is 60.6 cm³/mol. The van der Waals surface area contributed by atoms with Crippen LogP contribution in [0.15, 0.2) is 0 Å². The van der Waals surface area contributed by atoms with Crippen molar-refractivity contribution in [2.75, 3.05) is 0 Å². The maximum absolute atomic E-state index is 13.3. The summed E-state index contributed by atoms with van der Waals surface area (Å²) in [5.74, 6) is -57.9. The molecule has 0 rings (SSSR count). The van der Waals surface area contributed by atoms with E-state index in [4.69, 9.17) is 0 Å². The van der Waals surface area contributed by atoms with Crippen LogP contribution in [0.1, 0.15) is 19.8 Å². The third kappa shape index (κ3) is 3.78. The lowest BCUT2D eigenvalue weighted by atomic mass is 9.88. The van der Waals surface area contributed by atoms with E-state index in [0.29, 0.717) is 6.92 Å². The number of halogens is 17. The van der Waals surface area contributed by atoms with E-state index >= 15 is 0 Å². The Bertz CT molecular complexity index is 644. The summed E-state index contributed by atoms with van der Waals surface area (Å²) >= 11 is 0. The van der Waals surface area contributed by atoms with Crippen LogP contribution in [0.25, 0.3) is 0 Å². The van der Waals surface area contributed by atoms with Gasteiger partial charge >= 0.3 is 47.6 Å². The standard InChI is InChI=1S/C12H7F17O/c1-4(30)2-3-5(13,14)6(15,16)7(17,18)8(19,20)9(21,22)10(23,24)11(25,26)12(27,28)29/h2-3H2,1H3. The average Bonchev–Trinajstić information content (AvgIpc) is 2.50. The molecule has 30 heavy (non-hydrogen) atoms. The highest BCUT2D eigenvalue weighted by Gasteiger charge is 2.95. The van der Waals surface area contributed by atoms with E-state index in [9.17, 15) is 79.4 Å². The van der Waals surface area contributed by atoms with E-state index < -0.39 is 66.3 Å². The second-order valence-electron chi connectivity index (χ2n) is 5.85. The molecule has 18 heteroatoms. The zero-order valence-electron chi connectivity index (χ0n) is 13.7. The third-order valence-corrected chi connectivity index (χ3v) is 3.58. The number of ketones is 1. The molecule has 0 aromatic carbocycles. The Morgan fingerprint density at radius 3 is 1.03 bits per heavy atom. The second-order valence-corrected chi connectivity index (χ2v) is 5.85. The minimum absolute atomic E-state index is 0.398. The van der Waals surface area contributed by atoms with Gasteiger partial charge in [-0.05, 0) is 6.92 Å². The molecule has 0 fully saturated rings. The van der Waals surface area contributed by atoms with Crippen molar-refractivity contribution in [1.29, 1.82) is 0 Å². The Kier molecular flexibility index (Phi) is 6.90. The van der Waals surface area contributed by atoms with Gasteiger partial charge in [0.1, 0.15) is 5.78 Å². The molecule has 1 nitrogen and oxygen atoms in total. The summed E-state index contributed by atoms with van der Waals surface area (Å²) in [6.07, 6.45) is -12.2. The van der Waals surface area contributed by atoms with Crippen LogP contribution in [-0.4, -0.2) is 53.4 Å². The minimum Gasteiger partial charge on any atom is -0.300 e. The summed E-state index contributed by atoms with van der Waals surface area (Å²) < 4.78 is 219. The molecule has 0 aliphatic carbocycles. The molecule has 0 radical (unpaired) electrons. The van der Waals surface area contributed by atoms with Gasteiger partial charge in [0, 0.05) is 12.8 Å². The molecule has 0 bridgehead atoms. The normalized spacial score (nSPS) is 16.1. The zero-order valence-corrected chi connectivity index (χ0v) is 13.7. The zero-order chi connectivity index (χ0) is 25.0. The summed E-state index contributed by atoms with van der Waals surface area (Å²) in [7, 11) is 0. The quantitative estimate of drug-likeness (QED) is 0.344. The molecule has 0 atom stereocenters. The van der Waals surface area contributed by atoms with Crippen molar-refractivity contribution in [3.05, 3.63) is 0 Å². The van der Waals surface area contributed by atoms with Crippen molar-refractivity contribution in [3.63, 3.8) is 0 Å². The number of Topliss-reactive ketones (excluding diaryl/α,β-unsaturated/α-hetero) is 1. The number of rotatable bonds is 9. The third-order valence-electron chi connectivity index (χ3n) is 3.58. The Hall–Kier alpha value is -1.52. The Morgan fingerprint density at radius 1 is 0.500 bits per heavy atom. The lowest BCUT2D eigenvalue weighted by Crippen LogP contribution is -2.74. The molecular formula is C12H7F17O. The second kappa shape index (κ2) is 7.27. The average molecular weight is 490 g/mol. The van der Waals surface area contributed by atoms with Gasteiger partial charge in [-0.15, -0.1) is 0 Å². The van der Waals surface area contributed by atoms with Crippen molar-refractivity contribution >= 4 is 5.78 Å². The number of alkyl halides is 17. The number of carbonyl (C=O) groups is 1. The van der Waals surface area contributed by atoms with Crippen LogP contribution in [0, 0.1) is 0 Å². The molecule has 0 saturated heterocycles. The molecule has 0 amide bonds. The van der Waals surface area contributed by atoms with E-state index in [0.717, 1.165) is 0 Å². The van der Waals surface area contributed by atoms with Gasteiger partial charge in [0.2, 0.25) is 0 Å². The van der Waals surface area contributed by atoms with Crippen molar-refractivity contribution in [2.24, 2.45) is 0 Å². The Balaban J connectivity index is 6.58. The van der Waals surface area contributed by atoms with Gasteiger partial charge in [-0.25, -0.2) is 0 Å². The van der Waals surface area contributed by atoms with E-state index in [1.807, 2.05) is 0 Å². The first-order valence-electron chi connectivity index (χ1n) is 6.87. The lowest BCUT2D eigenvalue weighted by Gasteiger charge is -2.42. The highest BCUT2D eigenvalue weighted by Crippen LogP contribution is 2.64. The molecule has 0 aliphatic rings. The summed E-state index contributed by atoms with van der Waals surface area (Å²) in [5, 5.41) is 0. The van der Waals surface area contributed by atoms with E-state index in [1.165, 1.54) is 0 Å². The highest BCUT2D eigenvalue weighted by atomic mass is 19.4. The SMILES string of the molecule is CC(=O)CCC(F)(F)C(F)(F)C(F)(F)C(F)(F)C(F)(F)C(F)(F)C(F)(F)C(F)(F)F. The fourth-order valence-corrected chi connectivity index (χ4v) is 1.69. The molecule has 0 aromatic rings. The molecule has 0 unspecified atom stereocenters. The number of hydrogen-bond donors (Lipinski definition) is 0. The fraction of sp³-hybridized carbons (Fsp3) is 0.917. The topological polar surface area (TPSA) is 17.1 Å². The Labute approximate surface area is 154 Å². The highest BCUT2D eigenvalue weighted by molar-refractivity contribution is 5.75. The molecule has 0 saturated carbocycles.